The third-order valence-corrected chi connectivity index (χ3v) is 5.64. The predicted molar refractivity (Wildman–Crippen MR) is 82.5 cm³/mol. The highest BCUT2D eigenvalue weighted by molar-refractivity contribution is 8.11. The van der Waals surface area contributed by atoms with E-state index in [-0.39, 0.29) is 18.2 Å². The van der Waals surface area contributed by atoms with Crippen LogP contribution in [0.1, 0.15) is 26.2 Å². The van der Waals surface area contributed by atoms with E-state index in [1.165, 1.54) is 24.6 Å². The number of carbonyl (C=O) groups excluding carboxylic acids is 1. The van der Waals surface area contributed by atoms with Crippen LogP contribution >= 0.6 is 20.3 Å². The summed E-state index contributed by atoms with van der Waals surface area (Å²) in [5.41, 5.74) is 0.842. The minimum absolute atomic E-state index is 0.00423. The molecule has 0 aromatic carbocycles. The predicted octanol–water partition coefficient (Wildman–Crippen LogP) is 1.94. The molecule has 2 fully saturated rings. The van der Waals surface area contributed by atoms with E-state index >= 15 is 0 Å². The molecule has 5 nitrogen and oxygen atoms in total. The van der Waals surface area contributed by atoms with E-state index in [0.717, 1.165) is 18.7 Å². The first kappa shape index (κ1) is 16.7. The molecule has 2 saturated heterocycles. The van der Waals surface area contributed by atoms with Gasteiger partial charge in [0.05, 0.1) is 18.8 Å². The van der Waals surface area contributed by atoms with Crippen LogP contribution in [0.25, 0.3) is 0 Å². The molecule has 0 saturated carbocycles. The van der Waals surface area contributed by atoms with Gasteiger partial charge < -0.3 is 13.8 Å². The Morgan fingerprint density at radius 1 is 1.50 bits per heavy atom. The van der Waals surface area contributed by atoms with Crippen molar-refractivity contribution in [2.75, 3.05) is 25.4 Å². The normalized spacial score (nSPS) is 32.5. The first-order valence-electron chi connectivity index (χ1n) is 7.01. The number of rotatable bonds is 8. The van der Waals surface area contributed by atoms with Gasteiger partial charge >= 0.3 is 0 Å². The molecule has 2 unspecified atom stereocenters. The molecule has 2 heterocycles. The summed E-state index contributed by atoms with van der Waals surface area (Å²) in [6.07, 6.45) is 3.08. The quantitative estimate of drug-likeness (QED) is 0.295. The zero-order valence-electron chi connectivity index (χ0n) is 11.8. The highest BCUT2D eigenvalue weighted by atomic mass is 32.2. The molecule has 112 valence electrons. The van der Waals surface area contributed by atoms with Crippen molar-refractivity contribution in [2.24, 2.45) is 0 Å². The van der Waals surface area contributed by atoms with Crippen LogP contribution in [0.15, 0.2) is 0 Å². The third kappa shape index (κ3) is 4.97. The Hall–Kier alpha value is 0.355. The Morgan fingerprint density at radius 2 is 2.25 bits per heavy atom. The molecule has 2 rings (SSSR count). The van der Waals surface area contributed by atoms with Gasteiger partial charge in [0.2, 0.25) is 0 Å². The number of ether oxygens (including phenoxy) is 1. The molecule has 0 amide bonds. The van der Waals surface area contributed by atoms with Gasteiger partial charge in [-0.05, 0) is 26.2 Å². The van der Waals surface area contributed by atoms with Gasteiger partial charge in [0.1, 0.15) is 7.85 Å². The van der Waals surface area contributed by atoms with Crippen LogP contribution in [0.4, 0.5) is 0 Å². The van der Waals surface area contributed by atoms with Gasteiger partial charge in [-0.3, -0.25) is 4.79 Å². The van der Waals surface area contributed by atoms with Crippen molar-refractivity contribution >= 4 is 33.8 Å². The number of hydrogen-bond donors (Lipinski definition) is 0. The summed E-state index contributed by atoms with van der Waals surface area (Å²) in [6.45, 7) is 4.54. The molecule has 0 aromatic rings. The standard InChI is InChI=1S/C12H21BNO4PS/c1-10-11(8-12(13)17-10)18-19(14-4-2-3-5-14)16-6-7-20-9-15/h9-12H,2-8H2,1H3/t10?,11-,12-,19?/m1/s1. The maximum absolute atomic E-state index is 10.3. The lowest BCUT2D eigenvalue weighted by Gasteiger charge is -2.28. The van der Waals surface area contributed by atoms with Gasteiger partial charge in [-0.2, -0.15) is 0 Å². The first-order valence-corrected chi connectivity index (χ1v) is 9.19. The van der Waals surface area contributed by atoms with Crippen molar-refractivity contribution in [3.63, 3.8) is 0 Å². The molecule has 0 bridgehead atoms. The monoisotopic (exact) mass is 317 g/mol. The molecular weight excluding hydrogens is 296 g/mol. The maximum atomic E-state index is 10.3. The van der Waals surface area contributed by atoms with E-state index < -0.39 is 8.53 Å². The van der Waals surface area contributed by atoms with Crippen molar-refractivity contribution in [3.05, 3.63) is 0 Å². The smallest absolute Gasteiger partial charge is 0.259 e. The summed E-state index contributed by atoms with van der Waals surface area (Å²) in [5.74, 6) is 0.662. The zero-order chi connectivity index (χ0) is 14.4. The molecule has 2 aliphatic heterocycles. The second kappa shape index (κ2) is 8.71. The first-order chi connectivity index (χ1) is 9.70. The van der Waals surface area contributed by atoms with Gasteiger partial charge in [0.15, 0.2) is 5.62 Å². The highest BCUT2D eigenvalue weighted by Crippen LogP contribution is 2.48. The molecule has 4 atom stereocenters. The van der Waals surface area contributed by atoms with Gasteiger partial charge in [0, 0.05) is 24.8 Å². The van der Waals surface area contributed by atoms with E-state index in [1.807, 2.05) is 6.92 Å². The largest absolute Gasteiger partial charge is 0.382 e. The summed E-state index contributed by atoms with van der Waals surface area (Å²) < 4.78 is 19.8. The van der Waals surface area contributed by atoms with Crippen LogP contribution in [0, 0.1) is 0 Å². The van der Waals surface area contributed by atoms with Crippen LogP contribution in [0.5, 0.6) is 0 Å². The van der Waals surface area contributed by atoms with Crippen molar-refractivity contribution < 1.29 is 18.6 Å². The van der Waals surface area contributed by atoms with Crippen molar-refractivity contribution in [1.82, 2.24) is 4.67 Å². The topological polar surface area (TPSA) is 48.0 Å². The van der Waals surface area contributed by atoms with Crippen LogP contribution < -0.4 is 0 Å². The fourth-order valence-corrected chi connectivity index (χ4v) is 4.44. The molecular formula is C12H21BNO4PS. The third-order valence-electron chi connectivity index (χ3n) is 3.39. The lowest BCUT2D eigenvalue weighted by molar-refractivity contribution is 0.0495. The van der Waals surface area contributed by atoms with E-state index in [1.54, 1.807) is 0 Å². The van der Waals surface area contributed by atoms with Crippen molar-refractivity contribution in [2.45, 2.75) is 44.4 Å². The SMILES string of the molecule is [B][C@H]1C[C@@H](OP(OCCSC=O)N2CCCC2)C(C)O1. The van der Waals surface area contributed by atoms with E-state index in [4.69, 9.17) is 21.6 Å². The fraction of sp³-hybridized carbons (Fsp3) is 0.917. The molecule has 8 heteroatoms. The Kier molecular flexibility index (Phi) is 7.29. The lowest BCUT2D eigenvalue weighted by Crippen LogP contribution is -2.25. The Bertz CT molecular complexity index is 309. The van der Waals surface area contributed by atoms with E-state index in [9.17, 15) is 4.79 Å². The van der Waals surface area contributed by atoms with Crippen LogP contribution in [0.3, 0.4) is 0 Å². The second-order valence-electron chi connectivity index (χ2n) is 4.96. The molecule has 0 N–H and O–H groups in total. The average Bonchev–Trinajstić information content (AvgIpc) is 3.03. The Morgan fingerprint density at radius 3 is 2.85 bits per heavy atom. The summed E-state index contributed by atoms with van der Waals surface area (Å²) in [6, 6.07) is -0.240. The number of thioether (sulfide) groups is 1. The maximum Gasteiger partial charge on any atom is 0.259 e. The van der Waals surface area contributed by atoms with Gasteiger partial charge in [-0.1, -0.05) is 11.8 Å². The van der Waals surface area contributed by atoms with Crippen LogP contribution in [-0.2, 0) is 18.6 Å². The highest BCUT2D eigenvalue weighted by Gasteiger charge is 2.35. The summed E-state index contributed by atoms with van der Waals surface area (Å²) >= 11 is 1.22. The average molecular weight is 317 g/mol. The zero-order valence-corrected chi connectivity index (χ0v) is 13.5. The minimum atomic E-state index is -1.07. The number of nitrogens with zero attached hydrogens (tertiary/aromatic N) is 1. The molecule has 0 aliphatic carbocycles. The second-order valence-corrected chi connectivity index (χ2v) is 7.40. The van der Waals surface area contributed by atoms with Gasteiger partial charge in [-0.25, -0.2) is 4.67 Å². The van der Waals surface area contributed by atoms with Crippen LogP contribution in [0.2, 0.25) is 0 Å². The van der Waals surface area contributed by atoms with E-state index in [2.05, 4.69) is 4.67 Å². The molecule has 2 radical (unpaired) electrons. The fourth-order valence-electron chi connectivity index (χ4n) is 2.34. The molecule has 0 aromatic heterocycles. The van der Waals surface area contributed by atoms with Gasteiger partial charge in [-0.15, -0.1) is 0 Å². The van der Waals surface area contributed by atoms with Gasteiger partial charge in [0.25, 0.3) is 8.53 Å². The molecule has 0 spiro atoms. The summed E-state index contributed by atoms with van der Waals surface area (Å²) in [7, 11) is 4.73. The summed E-state index contributed by atoms with van der Waals surface area (Å²) in [4.78, 5) is 10.3. The Labute approximate surface area is 127 Å². The van der Waals surface area contributed by atoms with Crippen molar-refractivity contribution in [1.29, 1.82) is 0 Å². The minimum Gasteiger partial charge on any atom is -0.382 e. The summed E-state index contributed by atoms with van der Waals surface area (Å²) in [5, 5.41) is 0. The van der Waals surface area contributed by atoms with Crippen molar-refractivity contribution in [3.8, 4) is 0 Å². The number of carbonyl (C=O) groups is 1. The van der Waals surface area contributed by atoms with Crippen LogP contribution in [-0.4, -0.2) is 61.8 Å². The lowest BCUT2D eigenvalue weighted by atomic mass is 9.96. The molecule has 2 aliphatic rings. The Balaban J connectivity index is 1.83. The van der Waals surface area contributed by atoms with E-state index in [0.29, 0.717) is 18.8 Å². The molecule has 20 heavy (non-hydrogen) atoms. The number of hydrogen-bond acceptors (Lipinski definition) is 6.